The van der Waals surface area contributed by atoms with Gasteiger partial charge in [0.15, 0.2) is 0 Å². The molecule has 0 aliphatic carbocycles. The number of ether oxygens (including phenoxy) is 1. The third-order valence-corrected chi connectivity index (χ3v) is 3.79. The van der Waals surface area contributed by atoms with E-state index >= 15 is 0 Å². The van der Waals surface area contributed by atoms with Gasteiger partial charge in [0.25, 0.3) is 0 Å². The SMILES string of the molecule is C#CCNC1(C(=O)OCC)CCN(Cc2ccccc2)C1. The lowest BCUT2D eigenvalue weighted by Gasteiger charge is -2.27. The Bertz CT molecular complexity index is 509. The molecule has 1 saturated heterocycles. The summed E-state index contributed by atoms with van der Waals surface area (Å²) in [6, 6.07) is 10.3. The van der Waals surface area contributed by atoms with Crippen molar-refractivity contribution >= 4 is 5.97 Å². The highest BCUT2D eigenvalue weighted by atomic mass is 16.5. The maximum absolute atomic E-state index is 12.3. The number of esters is 1. The number of benzene rings is 1. The van der Waals surface area contributed by atoms with Gasteiger partial charge in [0.05, 0.1) is 13.2 Å². The zero-order valence-electron chi connectivity index (χ0n) is 12.5. The molecule has 1 aliphatic rings. The predicted molar refractivity (Wildman–Crippen MR) is 82.5 cm³/mol. The van der Waals surface area contributed by atoms with Gasteiger partial charge >= 0.3 is 5.97 Å². The molecular formula is C17H22N2O2. The van der Waals surface area contributed by atoms with Crippen LogP contribution in [0.25, 0.3) is 0 Å². The third-order valence-electron chi connectivity index (χ3n) is 3.79. The van der Waals surface area contributed by atoms with Crippen LogP contribution >= 0.6 is 0 Å². The molecule has 1 unspecified atom stereocenters. The smallest absolute Gasteiger partial charge is 0.327 e. The molecule has 0 spiro atoms. The summed E-state index contributed by atoms with van der Waals surface area (Å²) in [7, 11) is 0. The number of nitrogens with one attached hydrogen (secondary N) is 1. The van der Waals surface area contributed by atoms with Crippen molar-refractivity contribution in [1.29, 1.82) is 0 Å². The molecule has 112 valence electrons. The standard InChI is InChI=1S/C17H22N2O2/c1-3-11-18-17(16(20)21-4-2)10-12-19(14-17)13-15-8-6-5-7-9-15/h1,5-9,18H,4,10-14H2,2H3. The first-order chi connectivity index (χ1) is 10.2. The summed E-state index contributed by atoms with van der Waals surface area (Å²) in [4.78, 5) is 14.6. The third kappa shape index (κ3) is 3.84. The summed E-state index contributed by atoms with van der Waals surface area (Å²) in [5.41, 5.74) is 0.575. The minimum atomic E-state index is -0.669. The van der Waals surface area contributed by atoms with Crippen LogP contribution in [0.4, 0.5) is 0 Å². The summed E-state index contributed by atoms with van der Waals surface area (Å²) in [5, 5.41) is 3.19. The summed E-state index contributed by atoms with van der Waals surface area (Å²) < 4.78 is 5.23. The molecular weight excluding hydrogens is 264 g/mol. The van der Waals surface area contributed by atoms with E-state index in [4.69, 9.17) is 11.2 Å². The van der Waals surface area contributed by atoms with Crippen molar-refractivity contribution in [1.82, 2.24) is 10.2 Å². The van der Waals surface area contributed by atoms with E-state index in [1.165, 1.54) is 5.56 Å². The summed E-state index contributed by atoms with van der Waals surface area (Å²) in [6.07, 6.45) is 6.04. The molecule has 1 fully saturated rings. The number of nitrogens with zero attached hydrogens (tertiary/aromatic N) is 1. The van der Waals surface area contributed by atoms with Gasteiger partial charge in [-0.25, -0.2) is 4.79 Å². The van der Waals surface area contributed by atoms with Gasteiger partial charge in [0, 0.05) is 19.6 Å². The second-order valence-corrected chi connectivity index (χ2v) is 5.31. The molecule has 1 heterocycles. The number of likely N-dealkylation sites (tertiary alicyclic amines) is 1. The second kappa shape index (κ2) is 7.26. The van der Waals surface area contributed by atoms with Crippen LogP contribution in [0.15, 0.2) is 30.3 Å². The molecule has 0 radical (unpaired) electrons. The van der Waals surface area contributed by atoms with Crippen molar-refractivity contribution in [2.75, 3.05) is 26.2 Å². The van der Waals surface area contributed by atoms with Crippen LogP contribution in [0.5, 0.6) is 0 Å². The zero-order valence-corrected chi connectivity index (χ0v) is 12.5. The molecule has 1 aromatic rings. The van der Waals surface area contributed by atoms with Crippen LogP contribution in [-0.4, -0.2) is 42.6 Å². The van der Waals surface area contributed by atoms with Gasteiger partial charge in [-0.15, -0.1) is 6.42 Å². The first-order valence-corrected chi connectivity index (χ1v) is 7.32. The molecule has 1 aliphatic heterocycles. The highest BCUT2D eigenvalue weighted by Gasteiger charge is 2.45. The van der Waals surface area contributed by atoms with Gasteiger partial charge in [-0.1, -0.05) is 36.3 Å². The zero-order chi connectivity index (χ0) is 15.1. The lowest BCUT2D eigenvalue weighted by molar-refractivity contribution is -0.150. The Morgan fingerprint density at radius 1 is 1.48 bits per heavy atom. The fraction of sp³-hybridized carbons (Fsp3) is 0.471. The molecule has 1 aromatic carbocycles. The fourth-order valence-corrected chi connectivity index (χ4v) is 2.74. The molecule has 21 heavy (non-hydrogen) atoms. The van der Waals surface area contributed by atoms with Crippen LogP contribution in [0, 0.1) is 12.3 Å². The number of terminal acetylenes is 1. The molecule has 2 rings (SSSR count). The number of carbonyl (C=O) groups is 1. The Labute approximate surface area is 126 Å². The number of rotatable bonds is 6. The topological polar surface area (TPSA) is 41.6 Å². The highest BCUT2D eigenvalue weighted by molar-refractivity contribution is 5.81. The molecule has 4 nitrogen and oxygen atoms in total. The molecule has 1 atom stereocenters. The van der Waals surface area contributed by atoms with Gasteiger partial charge in [-0.3, -0.25) is 10.2 Å². The van der Waals surface area contributed by atoms with Crippen LogP contribution in [-0.2, 0) is 16.1 Å². The summed E-state index contributed by atoms with van der Waals surface area (Å²) >= 11 is 0. The molecule has 4 heteroatoms. The Morgan fingerprint density at radius 3 is 2.90 bits per heavy atom. The van der Waals surface area contributed by atoms with E-state index in [1.807, 2.05) is 25.1 Å². The molecule has 0 amide bonds. The Hall–Kier alpha value is -1.83. The van der Waals surface area contributed by atoms with Crippen molar-refractivity contribution in [3.8, 4) is 12.3 Å². The largest absolute Gasteiger partial charge is 0.465 e. The Morgan fingerprint density at radius 2 is 2.24 bits per heavy atom. The first-order valence-electron chi connectivity index (χ1n) is 7.32. The van der Waals surface area contributed by atoms with Gasteiger partial charge in [0.2, 0.25) is 0 Å². The van der Waals surface area contributed by atoms with Crippen molar-refractivity contribution in [3.63, 3.8) is 0 Å². The van der Waals surface area contributed by atoms with Gasteiger partial charge in [0.1, 0.15) is 5.54 Å². The van der Waals surface area contributed by atoms with E-state index in [2.05, 4.69) is 28.3 Å². The Balaban J connectivity index is 2.03. The average Bonchev–Trinajstić information content (AvgIpc) is 2.91. The van der Waals surface area contributed by atoms with E-state index in [0.29, 0.717) is 19.7 Å². The average molecular weight is 286 g/mol. The minimum Gasteiger partial charge on any atom is -0.465 e. The molecule has 0 saturated carbocycles. The molecule has 0 bridgehead atoms. The van der Waals surface area contributed by atoms with Crippen molar-refractivity contribution < 1.29 is 9.53 Å². The predicted octanol–water partition coefficient (Wildman–Crippen LogP) is 1.42. The normalized spacial score (nSPS) is 21.9. The molecule has 0 aromatic heterocycles. The van der Waals surface area contributed by atoms with Crippen LogP contribution in [0.1, 0.15) is 18.9 Å². The van der Waals surface area contributed by atoms with E-state index in [1.54, 1.807) is 0 Å². The van der Waals surface area contributed by atoms with E-state index in [-0.39, 0.29) is 5.97 Å². The quantitative estimate of drug-likeness (QED) is 0.634. The van der Waals surface area contributed by atoms with Crippen LogP contribution in [0.3, 0.4) is 0 Å². The lowest BCUT2D eigenvalue weighted by atomic mass is 9.99. The molecule has 1 N–H and O–H groups in total. The van der Waals surface area contributed by atoms with Gasteiger partial charge < -0.3 is 4.74 Å². The Kier molecular flexibility index (Phi) is 5.38. The maximum Gasteiger partial charge on any atom is 0.327 e. The summed E-state index contributed by atoms with van der Waals surface area (Å²) in [5.74, 6) is 2.35. The van der Waals surface area contributed by atoms with Gasteiger partial charge in [-0.05, 0) is 18.9 Å². The monoisotopic (exact) mass is 286 g/mol. The maximum atomic E-state index is 12.3. The minimum absolute atomic E-state index is 0.198. The van der Waals surface area contributed by atoms with E-state index in [9.17, 15) is 4.79 Å². The number of carbonyl (C=O) groups excluding carboxylic acids is 1. The fourth-order valence-electron chi connectivity index (χ4n) is 2.74. The number of hydrogen-bond donors (Lipinski definition) is 1. The van der Waals surface area contributed by atoms with Crippen molar-refractivity contribution in [2.45, 2.75) is 25.4 Å². The number of hydrogen-bond acceptors (Lipinski definition) is 4. The van der Waals surface area contributed by atoms with E-state index in [0.717, 1.165) is 19.5 Å². The lowest BCUT2D eigenvalue weighted by Crippen LogP contribution is -2.55. The second-order valence-electron chi connectivity index (χ2n) is 5.31. The van der Waals surface area contributed by atoms with Crippen LogP contribution in [0.2, 0.25) is 0 Å². The van der Waals surface area contributed by atoms with Crippen molar-refractivity contribution in [2.24, 2.45) is 0 Å². The highest BCUT2D eigenvalue weighted by Crippen LogP contribution is 2.24. The van der Waals surface area contributed by atoms with Crippen LogP contribution < -0.4 is 5.32 Å². The van der Waals surface area contributed by atoms with Crippen molar-refractivity contribution in [3.05, 3.63) is 35.9 Å². The van der Waals surface area contributed by atoms with Gasteiger partial charge in [-0.2, -0.15) is 0 Å². The van der Waals surface area contributed by atoms with E-state index < -0.39 is 5.54 Å². The summed E-state index contributed by atoms with van der Waals surface area (Å²) in [6.45, 7) is 4.89. The first kappa shape index (κ1) is 15.6.